The van der Waals surface area contributed by atoms with Crippen LogP contribution in [0.1, 0.15) is 46.0 Å². The summed E-state index contributed by atoms with van der Waals surface area (Å²) in [6.07, 6.45) is 6.49. The van der Waals surface area contributed by atoms with Gasteiger partial charge >= 0.3 is 0 Å². The summed E-state index contributed by atoms with van der Waals surface area (Å²) in [5, 5.41) is 10.0. The third-order valence-electron chi connectivity index (χ3n) is 5.01. The molecule has 0 bridgehead atoms. The van der Waals surface area contributed by atoms with Crippen molar-refractivity contribution in [3.63, 3.8) is 0 Å². The number of aldehydes is 1. The van der Waals surface area contributed by atoms with Crippen molar-refractivity contribution < 1.29 is 9.90 Å². The molecule has 0 aromatic carbocycles. The van der Waals surface area contributed by atoms with Crippen LogP contribution >= 0.6 is 0 Å². The van der Waals surface area contributed by atoms with Crippen LogP contribution in [0.4, 0.5) is 0 Å². The number of carbonyl (C=O) groups is 1. The molecule has 1 N–H and O–H groups in total. The Balaban J connectivity index is 2.20. The van der Waals surface area contributed by atoms with Crippen molar-refractivity contribution in [3.05, 3.63) is 0 Å². The molecule has 0 aromatic rings. The molecule has 3 unspecified atom stereocenters. The number of carbonyl (C=O) groups excluding carboxylic acids is 1. The first-order valence-electron chi connectivity index (χ1n) is 6.23. The fourth-order valence-electron chi connectivity index (χ4n) is 4.15. The SMILES string of the molecule is C[C@H](C=O)[C@H]1CCC2C(O)CCCC21C. The van der Waals surface area contributed by atoms with Crippen molar-refractivity contribution in [3.8, 4) is 0 Å². The molecule has 2 nitrogen and oxygen atoms in total. The van der Waals surface area contributed by atoms with Crippen LogP contribution in [-0.2, 0) is 4.79 Å². The Hall–Kier alpha value is -0.370. The smallest absolute Gasteiger partial charge is 0.123 e. The van der Waals surface area contributed by atoms with Gasteiger partial charge in [0.15, 0.2) is 0 Å². The molecule has 0 saturated heterocycles. The summed E-state index contributed by atoms with van der Waals surface area (Å²) in [6, 6.07) is 0. The van der Waals surface area contributed by atoms with Gasteiger partial charge in [0.25, 0.3) is 0 Å². The van der Waals surface area contributed by atoms with Gasteiger partial charge < -0.3 is 9.90 Å². The maximum absolute atomic E-state index is 10.9. The van der Waals surface area contributed by atoms with Crippen LogP contribution in [0.5, 0.6) is 0 Å². The molecular weight excluding hydrogens is 188 g/mol. The number of hydrogen-bond donors (Lipinski definition) is 1. The van der Waals surface area contributed by atoms with E-state index in [0.717, 1.165) is 32.0 Å². The van der Waals surface area contributed by atoms with Gasteiger partial charge in [-0.1, -0.05) is 20.3 Å². The first-order valence-corrected chi connectivity index (χ1v) is 6.23. The van der Waals surface area contributed by atoms with Gasteiger partial charge in [0.2, 0.25) is 0 Å². The Kier molecular flexibility index (Phi) is 2.89. The second kappa shape index (κ2) is 3.89. The second-order valence-corrected chi connectivity index (χ2v) is 5.75. The molecule has 2 rings (SSSR count). The Morgan fingerprint density at radius 3 is 2.80 bits per heavy atom. The van der Waals surface area contributed by atoms with E-state index in [1.54, 1.807) is 0 Å². The number of fused-ring (bicyclic) bond motifs is 1. The molecule has 0 radical (unpaired) electrons. The lowest BCUT2D eigenvalue weighted by atomic mass is 9.62. The largest absolute Gasteiger partial charge is 0.393 e. The Bertz CT molecular complexity index is 251. The van der Waals surface area contributed by atoms with Crippen molar-refractivity contribution in [1.29, 1.82) is 0 Å². The molecule has 0 spiro atoms. The van der Waals surface area contributed by atoms with Gasteiger partial charge in [-0.3, -0.25) is 0 Å². The third kappa shape index (κ3) is 1.63. The van der Waals surface area contributed by atoms with Crippen LogP contribution in [0.3, 0.4) is 0 Å². The Morgan fingerprint density at radius 2 is 2.13 bits per heavy atom. The highest BCUT2D eigenvalue weighted by molar-refractivity contribution is 5.53. The van der Waals surface area contributed by atoms with Crippen molar-refractivity contribution in [2.24, 2.45) is 23.2 Å². The highest BCUT2D eigenvalue weighted by atomic mass is 16.3. The first-order chi connectivity index (χ1) is 7.09. The third-order valence-corrected chi connectivity index (χ3v) is 5.01. The predicted octanol–water partition coefficient (Wildman–Crippen LogP) is 2.40. The molecule has 2 heteroatoms. The van der Waals surface area contributed by atoms with Crippen LogP contribution in [0.2, 0.25) is 0 Å². The molecule has 2 fully saturated rings. The van der Waals surface area contributed by atoms with E-state index in [2.05, 4.69) is 6.92 Å². The second-order valence-electron chi connectivity index (χ2n) is 5.75. The van der Waals surface area contributed by atoms with Crippen LogP contribution < -0.4 is 0 Å². The molecule has 15 heavy (non-hydrogen) atoms. The van der Waals surface area contributed by atoms with E-state index in [1.807, 2.05) is 6.92 Å². The normalized spacial score (nSPS) is 47.3. The predicted molar refractivity (Wildman–Crippen MR) is 59.4 cm³/mol. The van der Waals surface area contributed by atoms with Crippen molar-refractivity contribution in [2.45, 2.75) is 52.1 Å². The molecule has 2 aliphatic carbocycles. The van der Waals surface area contributed by atoms with E-state index in [0.29, 0.717) is 11.8 Å². The van der Waals surface area contributed by atoms with Crippen LogP contribution in [0, 0.1) is 23.2 Å². The maximum atomic E-state index is 10.9. The minimum absolute atomic E-state index is 0.118. The molecule has 2 saturated carbocycles. The van der Waals surface area contributed by atoms with Crippen LogP contribution in [0.15, 0.2) is 0 Å². The monoisotopic (exact) mass is 210 g/mol. The zero-order chi connectivity index (χ0) is 11.1. The molecule has 0 aliphatic heterocycles. The van der Waals surface area contributed by atoms with Gasteiger partial charge in [-0.2, -0.15) is 0 Å². The van der Waals surface area contributed by atoms with E-state index >= 15 is 0 Å². The van der Waals surface area contributed by atoms with Crippen LogP contribution in [-0.4, -0.2) is 17.5 Å². The summed E-state index contributed by atoms with van der Waals surface area (Å²) < 4.78 is 0. The molecular formula is C13H22O2. The van der Waals surface area contributed by atoms with Crippen molar-refractivity contribution >= 4 is 6.29 Å². The Morgan fingerprint density at radius 1 is 1.40 bits per heavy atom. The van der Waals surface area contributed by atoms with Crippen LogP contribution in [0.25, 0.3) is 0 Å². The van der Waals surface area contributed by atoms with Gasteiger partial charge in [-0.15, -0.1) is 0 Å². The fraction of sp³-hybridized carbons (Fsp3) is 0.923. The standard InChI is InChI=1S/C13H22O2/c1-9(8-14)10-5-6-11-12(15)4-3-7-13(10,11)2/h8-12,15H,3-7H2,1-2H3/t9-,10-,11?,12?,13?/m1/s1. The number of rotatable bonds is 2. The average molecular weight is 210 g/mol. The van der Waals surface area contributed by atoms with Gasteiger partial charge in [-0.05, 0) is 42.9 Å². The van der Waals surface area contributed by atoms with E-state index in [9.17, 15) is 9.90 Å². The minimum atomic E-state index is -0.118. The van der Waals surface area contributed by atoms with Crippen molar-refractivity contribution in [2.75, 3.05) is 0 Å². The zero-order valence-electron chi connectivity index (χ0n) is 9.78. The molecule has 5 atom stereocenters. The highest BCUT2D eigenvalue weighted by Crippen LogP contribution is 2.57. The lowest BCUT2D eigenvalue weighted by molar-refractivity contribution is -0.114. The van der Waals surface area contributed by atoms with E-state index in [1.165, 1.54) is 6.42 Å². The summed E-state index contributed by atoms with van der Waals surface area (Å²) >= 11 is 0. The first kappa shape index (κ1) is 11.1. The molecule has 0 aromatic heterocycles. The highest BCUT2D eigenvalue weighted by Gasteiger charge is 2.52. The number of aliphatic hydroxyl groups is 1. The lowest BCUT2D eigenvalue weighted by Gasteiger charge is -2.44. The maximum Gasteiger partial charge on any atom is 0.123 e. The quantitative estimate of drug-likeness (QED) is 0.711. The molecule has 86 valence electrons. The van der Waals surface area contributed by atoms with Gasteiger partial charge in [0, 0.05) is 5.92 Å². The Labute approximate surface area is 92.1 Å². The minimum Gasteiger partial charge on any atom is -0.393 e. The zero-order valence-corrected chi connectivity index (χ0v) is 9.78. The number of aliphatic hydroxyl groups excluding tert-OH is 1. The lowest BCUT2D eigenvalue weighted by Crippen LogP contribution is -2.41. The molecule has 0 amide bonds. The fourth-order valence-corrected chi connectivity index (χ4v) is 4.15. The number of hydrogen-bond acceptors (Lipinski definition) is 2. The van der Waals surface area contributed by atoms with E-state index in [-0.39, 0.29) is 17.4 Å². The topological polar surface area (TPSA) is 37.3 Å². The van der Waals surface area contributed by atoms with Gasteiger partial charge in [-0.25, -0.2) is 0 Å². The molecule has 0 heterocycles. The molecule has 2 aliphatic rings. The summed E-state index contributed by atoms with van der Waals surface area (Å²) in [7, 11) is 0. The van der Waals surface area contributed by atoms with Gasteiger partial charge in [0.05, 0.1) is 6.10 Å². The van der Waals surface area contributed by atoms with E-state index < -0.39 is 0 Å². The van der Waals surface area contributed by atoms with E-state index in [4.69, 9.17) is 0 Å². The summed E-state index contributed by atoms with van der Waals surface area (Å²) in [5.41, 5.74) is 0.220. The summed E-state index contributed by atoms with van der Waals surface area (Å²) in [4.78, 5) is 10.9. The summed E-state index contributed by atoms with van der Waals surface area (Å²) in [5.74, 6) is 1.10. The average Bonchev–Trinajstić information content (AvgIpc) is 2.56. The van der Waals surface area contributed by atoms with Gasteiger partial charge in [0.1, 0.15) is 6.29 Å². The summed E-state index contributed by atoms with van der Waals surface area (Å²) in [6.45, 7) is 4.32. The van der Waals surface area contributed by atoms with Crippen molar-refractivity contribution in [1.82, 2.24) is 0 Å².